The largest absolute Gasteiger partial charge is 0.489 e. The highest BCUT2D eigenvalue weighted by Gasteiger charge is 2.24. The maximum Gasteiger partial charge on any atom is 0.159 e. The van der Waals surface area contributed by atoms with E-state index in [1.807, 2.05) is 25.2 Å². The molecule has 1 aromatic carbocycles. The van der Waals surface area contributed by atoms with Crippen LogP contribution < -0.4 is 15.4 Å². The molecule has 0 fully saturated rings. The second-order valence-electron chi connectivity index (χ2n) is 4.75. The first kappa shape index (κ1) is 12.9. The minimum absolute atomic E-state index is 0.0790. The van der Waals surface area contributed by atoms with Crippen molar-refractivity contribution in [3.8, 4) is 5.75 Å². The van der Waals surface area contributed by atoms with Crippen LogP contribution in [-0.2, 0) is 0 Å². The van der Waals surface area contributed by atoms with Crippen LogP contribution in [0.2, 0.25) is 0 Å². The van der Waals surface area contributed by atoms with Crippen LogP contribution in [0.3, 0.4) is 0 Å². The van der Waals surface area contributed by atoms with Crippen molar-refractivity contribution in [2.75, 3.05) is 25.1 Å². The number of nitrogens with two attached hydrogens (primary N) is 1. The number of nitrogens with zero attached hydrogens (tertiary/aromatic N) is 1. The maximum absolute atomic E-state index is 11.4. The number of hydrogen-bond acceptors (Lipinski definition) is 4. The number of rotatable bonds is 4. The van der Waals surface area contributed by atoms with Gasteiger partial charge in [0.15, 0.2) is 5.78 Å². The average molecular weight is 248 g/mol. The molecule has 0 aromatic heterocycles. The van der Waals surface area contributed by atoms with E-state index in [1.54, 1.807) is 6.92 Å². The van der Waals surface area contributed by atoms with Gasteiger partial charge in [-0.2, -0.15) is 0 Å². The molecule has 0 bridgehead atoms. The van der Waals surface area contributed by atoms with E-state index in [4.69, 9.17) is 10.5 Å². The summed E-state index contributed by atoms with van der Waals surface area (Å²) in [6.07, 6.45) is 2.00. The van der Waals surface area contributed by atoms with Crippen molar-refractivity contribution in [2.24, 2.45) is 5.73 Å². The summed E-state index contributed by atoms with van der Waals surface area (Å²) >= 11 is 0. The minimum Gasteiger partial charge on any atom is -0.489 e. The van der Waals surface area contributed by atoms with Gasteiger partial charge in [0.25, 0.3) is 0 Å². The molecule has 98 valence electrons. The molecule has 18 heavy (non-hydrogen) atoms. The van der Waals surface area contributed by atoms with E-state index >= 15 is 0 Å². The molecule has 2 N–H and O–H groups in total. The van der Waals surface area contributed by atoms with Crippen molar-refractivity contribution in [3.63, 3.8) is 0 Å². The van der Waals surface area contributed by atoms with Gasteiger partial charge in [-0.05, 0) is 44.5 Å². The summed E-state index contributed by atoms with van der Waals surface area (Å²) in [6.45, 7) is 2.96. The van der Waals surface area contributed by atoms with Crippen LogP contribution in [0.1, 0.15) is 30.1 Å². The SMILES string of the molecule is CC(=O)c1ccc2c(c1)N(C)C(CCCN)CO2. The zero-order chi connectivity index (χ0) is 13.1. The molecule has 0 aliphatic carbocycles. The summed E-state index contributed by atoms with van der Waals surface area (Å²) in [5.41, 5.74) is 7.27. The zero-order valence-corrected chi connectivity index (χ0v) is 11.0. The molecule has 0 spiro atoms. The molecule has 1 unspecified atom stereocenters. The van der Waals surface area contributed by atoms with Crippen LogP contribution >= 0.6 is 0 Å². The van der Waals surface area contributed by atoms with E-state index in [1.165, 1.54) is 0 Å². The van der Waals surface area contributed by atoms with Gasteiger partial charge in [-0.1, -0.05) is 0 Å². The summed E-state index contributed by atoms with van der Waals surface area (Å²) in [6, 6.07) is 5.94. The number of fused-ring (bicyclic) bond motifs is 1. The van der Waals surface area contributed by atoms with Gasteiger partial charge in [-0.3, -0.25) is 4.79 Å². The van der Waals surface area contributed by atoms with Gasteiger partial charge in [0.2, 0.25) is 0 Å². The van der Waals surface area contributed by atoms with Crippen molar-refractivity contribution in [1.29, 1.82) is 0 Å². The van der Waals surface area contributed by atoms with Crippen LogP contribution in [0.4, 0.5) is 5.69 Å². The molecule has 1 aliphatic heterocycles. The third kappa shape index (κ3) is 2.48. The Morgan fingerprint density at radius 1 is 1.56 bits per heavy atom. The normalized spacial score (nSPS) is 18.2. The van der Waals surface area contributed by atoms with Crippen molar-refractivity contribution >= 4 is 11.5 Å². The number of anilines is 1. The number of benzene rings is 1. The number of hydrogen-bond donors (Lipinski definition) is 1. The Morgan fingerprint density at radius 2 is 2.33 bits per heavy atom. The van der Waals surface area contributed by atoms with Gasteiger partial charge >= 0.3 is 0 Å². The quantitative estimate of drug-likeness (QED) is 0.826. The van der Waals surface area contributed by atoms with E-state index in [0.29, 0.717) is 19.2 Å². The Labute approximate surface area is 108 Å². The van der Waals surface area contributed by atoms with E-state index in [0.717, 1.165) is 29.8 Å². The molecule has 0 saturated heterocycles. The highest BCUT2D eigenvalue weighted by Crippen LogP contribution is 2.34. The highest BCUT2D eigenvalue weighted by molar-refractivity contribution is 5.95. The van der Waals surface area contributed by atoms with Gasteiger partial charge in [-0.15, -0.1) is 0 Å². The van der Waals surface area contributed by atoms with Crippen LogP contribution in [0.5, 0.6) is 5.75 Å². The van der Waals surface area contributed by atoms with E-state index in [2.05, 4.69) is 4.90 Å². The zero-order valence-electron chi connectivity index (χ0n) is 11.0. The van der Waals surface area contributed by atoms with Gasteiger partial charge in [0.1, 0.15) is 12.4 Å². The molecule has 1 aromatic rings. The standard InChI is InChI=1S/C14H20N2O2/c1-10(17)11-5-6-14-13(8-11)16(2)12(9-18-14)4-3-7-15/h5-6,8,12H,3-4,7,9,15H2,1-2H3. The first-order chi connectivity index (χ1) is 8.63. The summed E-state index contributed by atoms with van der Waals surface area (Å²) in [5, 5.41) is 0. The Bertz CT molecular complexity index is 445. The summed E-state index contributed by atoms with van der Waals surface area (Å²) in [5.74, 6) is 0.932. The van der Waals surface area contributed by atoms with Crippen LogP contribution in [-0.4, -0.2) is 32.0 Å². The van der Waals surface area contributed by atoms with Crippen molar-refractivity contribution < 1.29 is 9.53 Å². The van der Waals surface area contributed by atoms with E-state index in [-0.39, 0.29) is 5.78 Å². The van der Waals surface area contributed by atoms with Crippen molar-refractivity contribution in [1.82, 2.24) is 0 Å². The van der Waals surface area contributed by atoms with E-state index in [9.17, 15) is 4.79 Å². The van der Waals surface area contributed by atoms with Crippen molar-refractivity contribution in [3.05, 3.63) is 23.8 Å². The van der Waals surface area contributed by atoms with Crippen LogP contribution in [0.15, 0.2) is 18.2 Å². The van der Waals surface area contributed by atoms with Gasteiger partial charge in [0, 0.05) is 12.6 Å². The Balaban J connectivity index is 2.23. The molecule has 4 heteroatoms. The maximum atomic E-state index is 11.4. The molecule has 1 heterocycles. The second-order valence-corrected chi connectivity index (χ2v) is 4.75. The molecule has 4 nitrogen and oxygen atoms in total. The van der Waals surface area contributed by atoms with Gasteiger partial charge in [-0.25, -0.2) is 0 Å². The Morgan fingerprint density at radius 3 is 3.00 bits per heavy atom. The number of ether oxygens (including phenoxy) is 1. The van der Waals surface area contributed by atoms with Crippen molar-refractivity contribution in [2.45, 2.75) is 25.8 Å². The molecule has 0 amide bonds. The van der Waals surface area contributed by atoms with Gasteiger partial charge in [0.05, 0.1) is 11.7 Å². The lowest BCUT2D eigenvalue weighted by molar-refractivity contribution is 0.101. The van der Waals surface area contributed by atoms with Crippen LogP contribution in [0.25, 0.3) is 0 Å². The highest BCUT2D eigenvalue weighted by atomic mass is 16.5. The molecule has 1 atom stereocenters. The number of Topliss-reactive ketones (excluding diaryl/α,β-unsaturated/α-hetero) is 1. The second kappa shape index (κ2) is 5.40. The predicted octanol–water partition coefficient (Wildman–Crippen LogP) is 1.83. The molecular formula is C14H20N2O2. The first-order valence-corrected chi connectivity index (χ1v) is 6.34. The fraction of sp³-hybridized carbons (Fsp3) is 0.500. The number of carbonyl (C=O) groups is 1. The summed E-state index contributed by atoms with van der Waals surface area (Å²) in [4.78, 5) is 13.6. The molecule has 2 rings (SSSR count). The minimum atomic E-state index is 0.0790. The summed E-state index contributed by atoms with van der Waals surface area (Å²) < 4.78 is 5.74. The predicted molar refractivity (Wildman–Crippen MR) is 72.4 cm³/mol. The monoisotopic (exact) mass is 248 g/mol. The third-order valence-corrected chi connectivity index (χ3v) is 3.47. The molecular weight excluding hydrogens is 228 g/mol. The average Bonchev–Trinajstić information content (AvgIpc) is 2.37. The fourth-order valence-corrected chi connectivity index (χ4v) is 2.26. The number of likely N-dealkylation sites (N-methyl/N-ethyl adjacent to an activating group) is 1. The third-order valence-electron chi connectivity index (χ3n) is 3.47. The molecule has 1 aliphatic rings. The molecule has 0 radical (unpaired) electrons. The first-order valence-electron chi connectivity index (χ1n) is 6.34. The lowest BCUT2D eigenvalue weighted by atomic mass is 10.0. The Kier molecular flexibility index (Phi) is 3.87. The molecule has 0 saturated carbocycles. The number of carbonyl (C=O) groups excluding carboxylic acids is 1. The lowest BCUT2D eigenvalue weighted by Gasteiger charge is -2.36. The smallest absolute Gasteiger partial charge is 0.159 e. The lowest BCUT2D eigenvalue weighted by Crippen LogP contribution is -2.40. The Hall–Kier alpha value is -1.55. The van der Waals surface area contributed by atoms with Gasteiger partial charge < -0.3 is 15.4 Å². The van der Waals surface area contributed by atoms with Crippen LogP contribution in [0, 0.1) is 0 Å². The fourth-order valence-electron chi connectivity index (χ4n) is 2.26. The number of ketones is 1. The topological polar surface area (TPSA) is 55.6 Å². The summed E-state index contributed by atoms with van der Waals surface area (Å²) in [7, 11) is 2.05. The van der Waals surface area contributed by atoms with E-state index < -0.39 is 0 Å².